The number of hydrogen-bond acceptors (Lipinski definition) is 3. The molecule has 0 radical (unpaired) electrons. The van der Waals surface area contributed by atoms with Crippen molar-refractivity contribution in [2.24, 2.45) is 0 Å². The zero-order valence-corrected chi connectivity index (χ0v) is 12.3. The molecule has 1 heterocycles. The van der Waals surface area contributed by atoms with Gasteiger partial charge in [0.1, 0.15) is 0 Å². The van der Waals surface area contributed by atoms with Gasteiger partial charge >= 0.3 is 0 Å². The molecule has 0 atom stereocenters. The molecule has 0 bridgehead atoms. The molecule has 0 aliphatic rings. The minimum Gasteiger partial charge on any atom is -0.325 e. The summed E-state index contributed by atoms with van der Waals surface area (Å²) in [6, 6.07) is 14.5. The van der Waals surface area contributed by atoms with Crippen LogP contribution < -0.4 is 16.4 Å². The maximum atomic E-state index is 12.1. The first kappa shape index (κ1) is 14.8. The second kappa shape index (κ2) is 6.31. The van der Waals surface area contributed by atoms with Crippen molar-refractivity contribution in [2.75, 3.05) is 5.32 Å². The smallest absolute Gasteiger partial charge is 0.272 e. The molecule has 1 amide bonds. The zero-order chi connectivity index (χ0) is 16.2. The lowest BCUT2D eigenvalue weighted by molar-refractivity contribution is -0.116. The maximum absolute atomic E-state index is 12.1. The highest BCUT2D eigenvalue weighted by Crippen LogP contribution is 2.17. The minimum absolute atomic E-state index is 0.185. The third-order valence-corrected chi connectivity index (χ3v) is 3.58. The molecule has 0 saturated carbocycles. The molecule has 2 aromatic carbocycles. The molecule has 0 fully saturated rings. The fourth-order valence-corrected chi connectivity index (χ4v) is 2.45. The summed E-state index contributed by atoms with van der Waals surface area (Å²) < 4.78 is 0. The first-order valence-electron chi connectivity index (χ1n) is 7.22. The van der Waals surface area contributed by atoms with Crippen LogP contribution in [0, 0.1) is 0 Å². The average molecular weight is 309 g/mol. The highest BCUT2D eigenvalue weighted by atomic mass is 16.2. The fourth-order valence-electron chi connectivity index (χ4n) is 2.45. The van der Waals surface area contributed by atoms with E-state index < -0.39 is 11.1 Å². The number of carbonyl (C=O) groups excluding carboxylic acids is 1. The lowest BCUT2D eigenvalue weighted by Crippen LogP contribution is -2.21. The number of anilines is 1. The molecule has 1 aromatic heterocycles. The van der Waals surface area contributed by atoms with Crippen molar-refractivity contribution in [1.82, 2.24) is 10.2 Å². The Kier molecular flexibility index (Phi) is 4.05. The van der Waals surface area contributed by atoms with Crippen LogP contribution in [0.1, 0.15) is 12.0 Å². The van der Waals surface area contributed by atoms with Gasteiger partial charge in [-0.3, -0.25) is 24.6 Å². The second-order valence-electron chi connectivity index (χ2n) is 5.17. The van der Waals surface area contributed by atoms with Gasteiger partial charge in [-0.2, -0.15) is 0 Å². The molecule has 0 aliphatic heterocycles. The normalized spacial score (nSPS) is 10.6. The van der Waals surface area contributed by atoms with Crippen LogP contribution >= 0.6 is 0 Å². The Hall–Kier alpha value is -3.15. The first-order valence-corrected chi connectivity index (χ1v) is 7.22. The number of aromatic nitrogens is 2. The van der Waals surface area contributed by atoms with E-state index in [0.717, 1.165) is 5.56 Å². The number of benzene rings is 2. The molecule has 6 nitrogen and oxygen atoms in total. The van der Waals surface area contributed by atoms with Crippen molar-refractivity contribution in [1.29, 1.82) is 0 Å². The van der Waals surface area contributed by atoms with Crippen LogP contribution in [0.3, 0.4) is 0 Å². The summed E-state index contributed by atoms with van der Waals surface area (Å²) in [5, 5.41) is 7.67. The van der Waals surface area contributed by atoms with Gasteiger partial charge in [0.05, 0.1) is 16.5 Å². The molecule has 3 aromatic rings. The molecule has 0 saturated heterocycles. The number of rotatable bonds is 4. The molecule has 0 aliphatic carbocycles. The van der Waals surface area contributed by atoms with Gasteiger partial charge in [-0.25, -0.2) is 0 Å². The molecular formula is C17H15N3O3. The van der Waals surface area contributed by atoms with Gasteiger partial charge < -0.3 is 5.32 Å². The molecule has 3 rings (SSSR count). The van der Waals surface area contributed by atoms with Crippen LogP contribution in [0.25, 0.3) is 10.8 Å². The van der Waals surface area contributed by atoms with Crippen molar-refractivity contribution < 1.29 is 4.79 Å². The molecule has 0 unspecified atom stereocenters. The molecular weight excluding hydrogens is 294 g/mol. The van der Waals surface area contributed by atoms with Crippen LogP contribution in [0.4, 0.5) is 5.69 Å². The number of amides is 1. The Morgan fingerprint density at radius 2 is 1.65 bits per heavy atom. The van der Waals surface area contributed by atoms with E-state index in [0.29, 0.717) is 18.5 Å². The third kappa shape index (κ3) is 3.21. The van der Waals surface area contributed by atoms with E-state index in [1.165, 1.54) is 0 Å². The van der Waals surface area contributed by atoms with Gasteiger partial charge in [0.15, 0.2) is 0 Å². The lowest BCUT2D eigenvalue weighted by atomic mass is 10.1. The number of aryl methyl sites for hydroxylation is 1. The van der Waals surface area contributed by atoms with E-state index in [-0.39, 0.29) is 16.7 Å². The standard InChI is InChI=1S/C17H15N3O3/c21-14(10-9-11-5-2-1-3-6-11)18-13-8-4-7-12-15(13)17(23)20-19-16(12)22/h1-8H,9-10H2,(H,18,21)(H,19,22)(H,20,23). The van der Waals surface area contributed by atoms with Gasteiger partial charge in [-0.1, -0.05) is 36.4 Å². The van der Waals surface area contributed by atoms with Gasteiger partial charge in [0.2, 0.25) is 5.91 Å². The first-order chi connectivity index (χ1) is 11.1. The van der Waals surface area contributed by atoms with E-state index in [2.05, 4.69) is 15.5 Å². The zero-order valence-electron chi connectivity index (χ0n) is 12.3. The van der Waals surface area contributed by atoms with Crippen molar-refractivity contribution in [3.8, 4) is 0 Å². The van der Waals surface area contributed by atoms with Gasteiger partial charge in [-0.15, -0.1) is 0 Å². The Bertz CT molecular complexity index is 958. The summed E-state index contributed by atoms with van der Waals surface area (Å²) in [6.07, 6.45) is 0.899. The van der Waals surface area contributed by atoms with Gasteiger partial charge in [0, 0.05) is 6.42 Å². The number of H-pyrrole nitrogens is 2. The van der Waals surface area contributed by atoms with Crippen molar-refractivity contribution >= 4 is 22.4 Å². The minimum atomic E-state index is -0.446. The number of aromatic amines is 2. The monoisotopic (exact) mass is 309 g/mol. The summed E-state index contributed by atoms with van der Waals surface area (Å²) >= 11 is 0. The summed E-state index contributed by atoms with van der Waals surface area (Å²) in [7, 11) is 0. The number of nitrogens with one attached hydrogen (secondary N) is 3. The van der Waals surface area contributed by atoms with E-state index in [1.54, 1.807) is 18.2 Å². The largest absolute Gasteiger partial charge is 0.325 e. The highest BCUT2D eigenvalue weighted by Gasteiger charge is 2.10. The fraction of sp³-hybridized carbons (Fsp3) is 0.118. The highest BCUT2D eigenvalue weighted by molar-refractivity contribution is 6.01. The van der Waals surface area contributed by atoms with Crippen molar-refractivity contribution in [3.05, 3.63) is 74.8 Å². The summed E-state index contributed by atoms with van der Waals surface area (Å²) in [5.74, 6) is -0.207. The lowest BCUT2D eigenvalue weighted by Gasteiger charge is -2.07. The van der Waals surface area contributed by atoms with Crippen LogP contribution in [0.5, 0.6) is 0 Å². The Balaban J connectivity index is 1.82. The van der Waals surface area contributed by atoms with Crippen LogP contribution in [-0.4, -0.2) is 16.1 Å². The molecule has 23 heavy (non-hydrogen) atoms. The van der Waals surface area contributed by atoms with Crippen LogP contribution in [-0.2, 0) is 11.2 Å². The Labute approximate surface area is 131 Å². The Morgan fingerprint density at radius 3 is 2.43 bits per heavy atom. The average Bonchev–Trinajstić information content (AvgIpc) is 2.57. The molecule has 116 valence electrons. The van der Waals surface area contributed by atoms with E-state index >= 15 is 0 Å². The van der Waals surface area contributed by atoms with Crippen molar-refractivity contribution in [3.63, 3.8) is 0 Å². The SMILES string of the molecule is O=C(CCc1ccccc1)Nc1cccc2c(=O)[nH][nH]c(=O)c12. The van der Waals surface area contributed by atoms with Crippen LogP contribution in [0.15, 0.2) is 58.1 Å². The summed E-state index contributed by atoms with van der Waals surface area (Å²) in [6.45, 7) is 0. The van der Waals surface area contributed by atoms with E-state index in [4.69, 9.17) is 0 Å². The number of carbonyl (C=O) groups is 1. The van der Waals surface area contributed by atoms with Gasteiger partial charge in [0.25, 0.3) is 11.1 Å². The second-order valence-corrected chi connectivity index (χ2v) is 5.17. The molecule has 0 spiro atoms. The quantitative estimate of drug-likeness (QED) is 0.685. The molecule has 3 N–H and O–H groups in total. The van der Waals surface area contributed by atoms with E-state index in [9.17, 15) is 14.4 Å². The predicted octanol–water partition coefficient (Wildman–Crippen LogP) is 1.79. The number of hydrogen-bond donors (Lipinski definition) is 3. The van der Waals surface area contributed by atoms with Crippen LogP contribution in [0.2, 0.25) is 0 Å². The third-order valence-electron chi connectivity index (χ3n) is 3.58. The topological polar surface area (TPSA) is 94.8 Å². The van der Waals surface area contributed by atoms with Gasteiger partial charge in [-0.05, 0) is 24.1 Å². The predicted molar refractivity (Wildman–Crippen MR) is 88.6 cm³/mol. The summed E-state index contributed by atoms with van der Waals surface area (Å²) in [5.41, 5.74) is 0.557. The number of fused-ring (bicyclic) bond motifs is 1. The van der Waals surface area contributed by atoms with Crippen molar-refractivity contribution in [2.45, 2.75) is 12.8 Å². The molecule has 6 heteroatoms. The maximum Gasteiger partial charge on any atom is 0.272 e. The summed E-state index contributed by atoms with van der Waals surface area (Å²) in [4.78, 5) is 35.8. The Morgan fingerprint density at radius 1 is 0.913 bits per heavy atom. The van der Waals surface area contributed by atoms with E-state index in [1.807, 2.05) is 30.3 Å².